The van der Waals surface area contributed by atoms with Crippen molar-refractivity contribution >= 4 is 17.4 Å². The molecule has 3 N–H and O–H groups in total. The van der Waals surface area contributed by atoms with Crippen LogP contribution in [-0.2, 0) is 20.1 Å². The molecule has 0 amide bonds. The molecule has 2 aromatic rings. The number of hydrogen-bond acceptors (Lipinski definition) is 3. The second-order valence-corrected chi connectivity index (χ2v) is 4.91. The number of hydrogen-bond donors (Lipinski definition) is 2. The van der Waals surface area contributed by atoms with Crippen LogP contribution in [0.15, 0.2) is 18.2 Å². The number of amidine groups is 1. The quantitative estimate of drug-likeness (QED) is 0.658. The number of benzene rings is 1. The van der Waals surface area contributed by atoms with E-state index in [0.717, 1.165) is 5.69 Å². The van der Waals surface area contributed by atoms with E-state index in [-0.39, 0.29) is 18.2 Å². The van der Waals surface area contributed by atoms with Crippen molar-refractivity contribution in [2.45, 2.75) is 20.0 Å². The van der Waals surface area contributed by atoms with Crippen LogP contribution in [0.1, 0.15) is 23.9 Å². The molecule has 21 heavy (non-hydrogen) atoms. The summed E-state index contributed by atoms with van der Waals surface area (Å²) < 4.78 is 20.9. The minimum atomic E-state index is -0.572. The highest BCUT2D eigenvalue weighted by Crippen LogP contribution is 2.24. The topological polar surface area (TPSA) is 76.9 Å². The fourth-order valence-corrected chi connectivity index (χ4v) is 2.26. The fourth-order valence-electron chi connectivity index (χ4n) is 1.91. The molecule has 1 aromatic heterocycles. The number of nitrogens with one attached hydrogen (secondary N) is 1. The highest BCUT2D eigenvalue weighted by Gasteiger charge is 2.14. The third kappa shape index (κ3) is 3.16. The highest BCUT2D eigenvalue weighted by molar-refractivity contribution is 6.31. The van der Waals surface area contributed by atoms with Crippen LogP contribution in [0.3, 0.4) is 0 Å². The van der Waals surface area contributed by atoms with Gasteiger partial charge in [0.1, 0.15) is 12.4 Å². The van der Waals surface area contributed by atoms with Gasteiger partial charge >= 0.3 is 0 Å². The molecule has 0 unspecified atom stereocenters. The normalized spacial score (nSPS) is 10.7. The van der Waals surface area contributed by atoms with Gasteiger partial charge in [-0.1, -0.05) is 18.5 Å². The summed E-state index contributed by atoms with van der Waals surface area (Å²) in [5.41, 5.74) is 7.08. The van der Waals surface area contributed by atoms with Gasteiger partial charge in [-0.25, -0.2) is 4.39 Å². The van der Waals surface area contributed by atoms with Crippen molar-refractivity contribution < 1.29 is 9.13 Å². The van der Waals surface area contributed by atoms with Crippen LogP contribution in [0, 0.1) is 11.2 Å². The number of aryl methyl sites for hydroxylation is 2. The van der Waals surface area contributed by atoms with Gasteiger partial charge in [0.2, 0.25) is 0 Å². The molecule has 0 radical (unpaired) electrons. The summed E-state index contributed by atoms with van der Waals surface area (Å²) in [6.45, 7) is 2.07. The summed E-state index contributed by atoms with van der Waals surface area (Å²) in [5, 5.41) is 12.1. The molecule has 0 fully saturated rings. The van der Waals surface area contributed by atoms with Crippen LogP contribution < -0.4 is 10.5 Å². The predicted molar refractivity (Wildman–Crippen MR) is 79.3 cm³/mol. The molecule has 0 saturated heterocycles. The van der Waals surface area contributed by atoms with Gasteiger partial charge in [-0.2, -0.15) is 5.10 Å². The first-order valence-electron chi connectivity index (χ1n) is 6.41. The Morgan fingerprint density at radius 2 is 2.24 bits per heavy atom. The maximum Gasteiger partial charge on any atom is 0.165 e. The summed E-state index contributed by atoms with van der Waals surface area (Å²) in [6.07, 6.45) is 0.717. The predicted octanol–water partition coefficient (Wildman–Crippen LogP) is 2.64. The number of nitrogens with two attached hydrogens (primary N) is 1. The van der Waals surface area contributed by atoms with Crippen LogP contribution in [0.4, 0.5) is 4.39 Å². The number of halogens is 2. The molecule has 5 nitrogen and oxygen atoms in total. The largest absolute Gasteiger partial charge is 0.484 e. The summed E-state index contributed by atoms with van der Waals surface area (Å²) in [7, 11) is 1.76. The Bertz CT molecular complexity index is 684. The molecular weight excluding hydrogens is 295 g/mol. The third-order valence-electron chi connectivity index (χ3n) is 3.11. The van der Waals surface area contributed by atoms with E-state index in [9.17, 15) is 4.39 Å². The number of nitrogen functional groups attached to an aromatic ring is 1. The van der Waals surface area contributed by atoms with E-state index in [1.54, 1.807) is 11.7 Å². The Kier molecular flexibility index (Phi) is 4.47. The second-order valence-electron chi connectivity index (χ2n) is 4.53. The summed E-state index contributed by atoms with van der Waals surface area (Å²) >= 11 is 6.20. The van der Waals surface area contributed by atoms with Crippen molar-refractivity contribution in [2.75, 3.05) is 0 Å². The van der Waals surface area contributed by atoms with Gasteiger partial charge in [-0.15, -0.1) is 0 Å². The summed E-state index contributed by atoms with van der Waals surface area (Å²) in [5.74, 6) is -0.685. The first-order chi connectivity index (χ1) is 9.93. The van der Waals surface area contributed by atoms with E-state index in [4.69, 9.17) is 27.5 Å². The first-order valence-corrected chi connectivity index (χ1v) is 6.78. The lowest BCUT2D eigenvalue weighted by Gasteiger charge is -2.09. The molecule has 2 rings (SSSR count). The van der Waals surface area contributed by atoms with Gasteiger partial charge in [-0.05, 0) is 24.6 Å². The second kappa shape index (κ2) is 6.13. The standard InChI is InChI=1S/C14H16ClFN4O/c1-3-10-13(15)11(20(2)19-10)7-21-12-5-4-8(14(17)18)6-9(12)16/h4-6H,3,7H2,1-2H3,(H3,17,18). The van der Waals surface area contributed by atoms with Crippen LogP contribution in [-0.4, -0.2) is 15.6 Å². The Morgan fingerprint density at radius 1 is 1.52 bits per heavy atom. The van der Waals surface area contributed by atoms with E-state index in [2.05, 4.69) is 5.10 Å². The molecule has 0 bridgehead atoms. The number of ether oxygens (including phenoxy) is 1. The smallest absolute Gasteiger partial charge is 0.165 e. The Morgan fingerprint density at radius 3 is 2.76 bits per heavy atom. The van der Waals surface area contributed by atoms with E-state index >= 15 is 0 Å². The van der Waals surface area contributed by atoms with Gasteiger partial charge < -0.3 is 10.5 Å². The van der Waals surface area contributed by atoms with E-state index in [0.29, 0.717) is 22.7 Å². The van der Waals surface area contributed by atoms with E-state index in [1.807, 2.05) is 6.92 Å². The lowest BCUT2D eigenvalue weighted by Crippen LogP contribution is -2.11. The molecule has 0 spiro atoms. The first kappa shape index (κ1) is 15.3. The Labute approximate surface area is 127 Å². The van der Waals surface area contributed by atoms with E-state index < -0.39 is 5.82 Å². The van der Waals surface area contributed by atoms with Crippen LogP contribution in [0.25, 0.3) is 0 Å². The molecule has 0 saturated carbocycles. The molecular formula is C14H16ClFN4O. The lowest BCUT2D eigenvalue weighted by molar-refractivity contribution is 0.280. The van der Waals surface area contributed by atoms with Crippen molar-refractivity contribution in [2.24, 2.45) is 12.8 Å². The van der Waals surface area contributed by atoms with Gasteiger partial charge in [0.25, 0.3) is 0 Å². The van der Waals surface area contributed by atoms with Crippen molar-refractivity contribution in [1.82, 2.24) is 9.78 Å². The molecule has 0 aliphatic rings. The van der Waals surface area contributed by atoms with Crippen LogP contribution >= 0.6 is 11.6 Å². The highest BCUT2D eigenvalue weighted by atomic mass is 35.5. The minimum Gasteiger partial charge on any atom is -0.484 e. The maximum absolute atomic E-state index is 13.9. The average Bonchev–Trinajstić information content (AvgIpc) is 2.72. The SMILES string of the molecule is CCc1nn(C)c(COc2ccc(C(=N)N)cc2F)c1Cl. The third-order valence-corrected chi connectivity index (χ3v) is 3.55. The van der Waals surface area contributed by atoms with Gasteiger partial charge in [-0.3, -0.25) is 10.1 Å². The summed E-state index contributed by atoms with van der Waals surface area (Å²) in [4.78, 5) is 0. The molecule has 0 aliphatic heterocycles. The van der Waals surface area contributed by atoms with Crippen molar-refractivity contribution in [3.8, 4) is 5.75 Å². The number of nitrogens with zero attached hydrogens (tertiary/aromatic N) is 2. The number of aromatic nitrogens is 2. The zero-order chi connectivity index (χ0) is 15.6. The van der Waals surface area contributed by atoms with Crippen molar-refractivity contribution in [3.63, 3.8) is 0 Å². The Hall–Kier alpha value is -2.08. The molecule has 1 aromatic carbocycles. The molecule has 112 valence electrons. The van der Waals surface area contributed by atoms with E-state index in [1.165, 1.54) is 18.2 Å². The van der Waals surface area contributed by atoms with Crippen LogP contribution in [0.5, 0.6) is 5.75 Å². The fraction of sp³-hybridized carbons (Fsp3) is 0.286. The van der Waals surface area contributed by atoms with Gasteiger partial charge in [0, 0.05) is 12.6 Å². The average molecular weight is 311 g/mol. The van der Waals surface area contributed by atoms with Crippen molar-refractivity contribution in [1.29, 1.82) is 5.41 Å². The molecule has 1 heterocycles. The zero-order valence-corrected chi connectivity index (χ0v) is 12.5. The number of rotatable bonds is 5. The molecule has 0 atom stereocenters. The minimum absolute atomic E-state index is 0.0790. The zero-order valence-electron chi connectivity index (χ0n) is 11.8. The summed E-state index contributed by atoms with van der Waals surface area (Å²) in [6, 6.07) is 4.14. The molecule has 0 aliphatic carbocycles. The Balaban J connectivity index is 2.17. The van der Waals surface area contributed by atoms with Crippen molar-refractivity contribution in [3.05, 3.63) is 46.0 Å². The van der Waals surface area contributed by atoms with Gasteiger partial charge in [0.05, 0.1) is 16.4 Å². The van der Waals surface area contributed by atoms with Gasteiger partial charge in [0.15, 0.2) is 11.6 Å². The lowest BCUT2D eigenvalue weighted by atomic mass is 10.2. The maximum atomic E-state index is 13.9. The van der Waals surface area contributed by atoms with Crippen LogP contribution in [0.2, 0.25) is 5.02 Å². The monoisotopic (exact) mass is 310 g/mol. The molecule has 7 heteroatoms.